The maximum atomic E-state index is 13.5. The van der Waals surface area contributed by atoms with Crippen LogP contribution in [0, 0.1) is 19.8 Å². The molecule has 2 aromatic heterocycles. The van der Waals surface area contributed by atoms with Crippen LogP contribution in [0.2, 0.25) is 0 Å². The summed E-state index contributed by atoms with van der Waals surface area (Å²) in [5.74, 6) is 0.345. The number of fused-ring (bicyclic) bond motifs is 1. The third kappa shape index (κ3) is 5.38. The van der Waals surface area contributed by atoms with Gasteiger partial charge in [-0.3, -0.25) is 14.5 Å². The lowest BCUT2D eigenvalue weighted by Crippen LogP contribution is -2.42. The van der Waals surface area contributed by atoms with Gasteiger partial charge in [-0.05, 0) is 79.3 Å². The van der Waals surface area contributed by atoms with Crippen LogP contribution in [0.1, 0.15) is 53.9 Å². The number of carbonyl (C=O) groups excluding carboxylic acids is 1. The van der Waals surface area contributed by atoms with Crippen LogP contribution in [-0.4, -0.2) is 55.8 Å². The van der Waals surface area contributed by atoms with E-state index in [-0.39, 0.29) is 17.4 Å². The first-order valence-electron chi connectivity index (χ1n) is 13.3. The molecule has 9 nitrogen and oxygen atoms in total. The van der Waals surface area contributed by atoms with Crippen molar-refractivity contribution < 1.29 is 9.53 Å². The van der Waals surface area contributed by atoms with Crippen molar-refractivity contribution >= 4 is 16.9 Å². The molecule has 1 N–H and O–H groups in total. The molecule has 1 atom stereocenters. The van der Waals surface area contributed by atoms with Crippen molar-refractivity contribution in [2.24, 2.45) is 5.92 Å². The number of likely N-dealkylation sites (tertiary alicyclic amines) is 1. The highest BCUT2D eigenvalue weighted by Gasteiger charge is 2.35. The van der Waals surface area contributed by atoms with Gasteiger partial charge < -0.3 is 9.72 Å². The lowest BCUT2D eigenvalue weighted by atomic mass is 9.93. The Bertz CT molecular complexity index is 1470. The van der Waals surface area contributed by atoms with Gasteiger partial charge in [-0.2, -0.15) is 0 Å². The largest absolute Gasteiger partial charge is 0.466 e. The smallest absolute Gasteiger partial charge is 0.309 e. The Hall–Kier alpha value is -3.85. The van der Waals surface area contributed by atoms with Crippen LogP contribution >= 0.6 is 0 Å². The number of hydrogen-bond acceptors (Lipinski definition) is 7. The maximum Gasteiger partial charge on any atom is 0.309 e. The van der Waals surface area contributed by atoms with Crippen LogP contribution in [0.3, 0.4) is 0 Å². The molecule has 0 amide bonds. The average Bonchev–Trinajstić information content (AvgIpc) is 3.37. The van der Waals surface area contributed by atoms with Crippen molar-refractivity contribution in [3.05, 3.63) is 87.0 Å². The van der Waals surface area contributed by atoms with Gasteiger partial charge in [0.15, 0.2) is 5.82 Å². The first-order valence-corrected chi connectivity index (χ1v) is 13.3. The second-order valence-corrected chi connectivity index (χ2v) is 10.1. The molecule has 0 bridgehead atoms. The molecule has 0 saturated carbocycles. The fourth-order valence-corrected chi connectivity index (χ4v) is 5.49. The van der Waals surface area contributed by atoms with Crippen LogP contribution in [0.5, 0.6) is 0 Å². The monoisotopic (exact) mass is 514 g/mol. The number of rotatable bonds is 8. The summed E-state index contributed by atoms with van der Waals surface area (Å²) in [4.78, 5) is 31.3. The number of benzene rings is 2. The van der Waals surface area contributed by atoms with Gasteiger partial charge in [0.05, 0.1) is 12.5 Å². The fraction of sp³-hybridized carbons (Fsp3) is 0.414. The van der Waals surface area contributed by atoms with E-state index in [9.17, 15) is 9.59 Å². The SMILES string of the molecule is CCOC(=O)C1CCN([C@@H](c2cc3c(C)cc(C)cc3[nH]c2=O)c2nnnn2CCc2ccccc2)CC1. The van der Waals surface area contributed by atoms with E-state index in [1.165, 1.54) is 5.56 Å². The number of pyridine rings is 1. The van der Waals surface area contributed by atoms with Crippen molar-refractivity contribution in [3.63, 3.8) is 0 Å². The van der Waals surface area contributed by atoms with E-state index >= 15 is 0 Å². The van der Waals surface area contributed by atoms with Gasteiger partial charge in [-0.1, -0.05) is 36.4 Å². The van der Waals surface area contributed by atoms with Gasteiger partial charge in [0.2, 0.25) is 0 Å². The van der Waals surface area contributed by atoms with E-state index in [1.807, 2.05) is 44.2 Å². The maximum absolute atomic E-state index is 13.5. The van der Waals surface area contributed by atoms with Crippen LogP contribution in [0.4, 0.5) is 0 Å². The van der Waals surface area contributed by atoms with Crippen LogP contribution in [0.15, 0.2) is 53.3 Å². The fourth-order valence-electron chi connectivity index (χ4n) is 5.49. The predicted octanol–water partition coefficient (Wildman–Crippen LogP) is 3.74. The highest BCUT2D eigenvalue weighted by Crippen LogP contribution is 2.32. The Morgan fingerprint density at radius 2 is 1.89 bits per heavy atom. The van der Waals surface area contributed by atoms with E-state index in [0.717, 1.165) is 28.5 Å². The lowest BCUT2D eigenvalue weighted by Gasteiger charge is -2.36. The van der Waals surface area contributed by atoms with Gasteiger partial charge >= 0.3 is 5.97 Å². The molecule has 198 valence electrons. The Morgan fingerprint density at radius 1 is 1.13 bits per heavy atom. The highest BCUT2D eigenvalue weighted by molar-refractivity contribution is 5.83. The van der Waals surface area contributed by atoms with Crippen molar-refractivity contribution in [1.82, 2.24) is 30.1 Å². The van der Waals surface area contributed by atoms with Crippen molar-refractivity contribution in [3.8, 4) is 0 Å². The summed E-state index contributed by atoms with van der Waals surface area (Å²) in [6, 6.07) is 15.9. The molecule has 1 saturated heterocycles. The van der Waals surface area contributed by atoms with Crippen molar-refractivity contribution in [2.75, 3.05) is 19.7 Å². The normalized spacial score (nSPS) is 15.6. The van der Waals surface area contributed by atoms with E-state index < -0.39 is 6.04 Å². The predicted molar refractivity (Wildman–Crippen MR) is 145 cm³/mol. The minimum atomic E-state index is -0.447. The summed E-state index contributed by atoms with van der Waals surface area (Å²) in [7, 11) is 0. The molecule has 1 aliphatic rings. The number of ether oxygens (including phenoxy) is 1. The Morgan fingerprint density at radius 3 is 2.63 bits per heavy atom. The number of aromatic nitrogens is 5. The zero-order valence-electron chi connectivity index (χ0n) is 22.2. The van der Waals surface area contributed by atoms with Crippen LogP contribution in [-0.2, 0) is 22.5 Å². The molecule has 0 spiro atoms. The van der Waals surface area contributed by atoms with Gasteiger partial charge in [0.1, 0.15) is 6.04 Å². The summed E-state index contributed by atoms with van der Waals surface area (Å²) in [6.45, 7) is 8.13. The highest BCUT2D eigenvalue weighted by atomic mass is 16.5. The molecule has 4 aromatic rings. The summed E-state index contributed by atoms with van der Waals surface area (Å²) >= 11 is 0. The molecule has 5 rings (SSSR count). The summed E-state index contributed by atoms with van der Waals surface area (Å²) < 4.78 is 7.07. The van der Waals surface area contributed by atoms with E-state index in [0.29, 0.717) is 50.5 Å². The number of nitrogens with one attached hydrogen (secondary N) is 1. The Labute approximate surface area is 221 Å². The number of aromatic amines is 1. The zero-order chi connectivity index (χ0) is 26.6. The van der Waals surface area contributed by atoms with E-state index in [4.69, 9.17) is 4.74 Å². The van der Waals surface area contributed by atoms with Gasteiger partial charge in [-0.25, -0.2) is 4.68 Å². The summed E-state index contributed by atoms with van der Waals surface area (Å²) in [6.07, 6.45) is 2.08. The van der Waals surface area contributed by atoms with Crippen LogP contribution in [0.25, 0.3) is 10.9 Å². The molecule has 38 heavy (non-hydrogen) atoms. The lowest BCUT2D eigenvalue weighted by molar-refractivity contribution is -0.149. The number of esters is 1. The quantitative estimate of drug-likeness (QED) is 0.357. The first kappa shape index (κ1) is 25.8. The molecule has 3 heterocycles. The standard InChI is InChI=1S/C29H34N6O3/c1-4-38-29(37)22-11-13-34(14-12-22)26(24-18-23-20(3)16-19(2)17-25(23)30-28(24)36)27-31-32-33-35(27)15-10-21-8-6-5-7-9-21/h5-9,16-18,22,26H,4,10-15H2,1-3H3,(H,30,36)/t26-/m0/s1. The number of tetrazole rings is 1. The second kappa shape index (κ2) is 11.3. The van der Waals surface area contributed by atoms with E-state index in [1.54, 1.807) is 4.68 Å². The first-order chi connectivity index (χ1) is 18.4. The number of aryl methyl sites for hydroxylation is 4. The van der Waals surface area contributed by atoms with Crippen LogP contribution < -0.4 is 5.56 Å². The Balaban J connectivity index is 1.52. The number of carbonyl (C=O) groups is 1. The van der Waals surface area contributed by atoms with Gasteiger partial charge in [0.25, 0.3) is 5.56 Å². The second-order valence-electron chi connectivity index (χ2n) is 10.1. The Kier molecular flexibility index (Phi) is 7.64. The minimum absolute atomic E-state index is 0.138. The summed E-state index contributed by atoms with van der Waals surface area (Å²) in [5, 5.41) is 13.8. The molecule has 0 aliphatic carbocycles. The molecule has 2 aromatic carbocycles. The molecule has 9 heteroatoms. The third-order valence-corrected chi connectivity index (χ3v) is 7.41. The summed E-state index contributed by atoms with van der Waals surface area (Å²) in [5.41, 5.74) is 4.66. The third-order valence-electron chi connectivity index (χ3n) is 7.41. The average molecular weight is 515 g/mol. The number of nitrogens with zero attached hydrogens (tertiary/aromatic N) is 5. The molecule has 1 aliphatic heterocycles. The molecule has 0 unspecified atom stereocenters. The van der Waals surface area contributed by atoms with E-state index in [2.05, 4.69) is 50.5 Å². The molecule has 0 radical (unpaired) electrons. The molecular formula is C29H34N6O3. The molecular weight excluding hydrogens is 480 g/mol. The molecule has 1 fully saturated rings. The van der Waals surface area contributed by atoms with Gasteiger partial charge in [0, 0.05) is 36.1 Å². The van der Waals surface area contributed by atoms with Crippen molar-refractivity contribution in [1.29, 1.82) is 0 Å². The minimum Gasteiger partial charge on any atom is -0.466 e. The topological polar surface area (TPSA) is 106 Å². The number of H-pyrrole nitrogens is 1. The zero-order valence-corrected chi connectivity index (χ0v) is 22.2. The van der Waals surface area contributed by atoms with Crippen molar-refractivity contribution in [2.45, 2.75) is 52.6 Å². The van der Waals surface area contributed by atoms with Gasteiger partial charge in [-0.15, -0.1) is 5.10 Å². The number of piperidine rings is 1. The number of hydrogen-bond donors (Lipinski definition) is 1.